The maximum absolute atomic E-state index is 13.8. The molecule has 0 saturated heterocycles. The Kier molecular flexibility index (Phi) is 5.03. The van der Waals surface area contributed by atoms with Crippen molar-refractivity contribution in [1.82, 2.24) is 14.8 Å². The zero-order chi connectivity index (χ0) is 18.8. The smallest absolute Gasteiger partial charge is 0.191 e. The van der Waals surface area contributed by atoms with E-state index in [1.54, 1.807) is 0 Å². The van der Waals surface area contributed by atoms with E-state index in [2.05, 4.69) is 10.2 Å². The van der Waals surface area contributed by atoms with E-state index in [0.717, 1.165) is 48.1 Å². The summed E-state index contributed by atoms with van der Waals surface area (Å²) in [6.07, 6.45) is 2.16. The molecule has 3 aromatic rings. The summed E-state index contributed by atoms with van der Waals surface area (Å²) in [6.45, 7) is 0.601. The second kappa shape index (κ2) is 7.60. The molecule has 0 aliphatic heterocycles. The Morgan fingerprint density at radius 1 is 1.04 bits per heavy atom. The van der Waals surface area contributed by atoms with Crippen LogP contribution < -0.4 is 0 Å². The minimum atomic E-state index is -0.843. The van der Waals surface area contributed by atoms with Gasteiger partial charge in [0, 0.05) is 5.92 Å². The Morgan fingerprint density at radius 2 is 1.74 bits per heavy atom. The summed E-state index contributed by atoms with van der Waals surface area (Å²) in [5.74, 6) is -1.08. The molecule has 1 aliphatic carbocycles. The molecule has 7 heteroatoms. The molecule has 0 spiro atoms. The lowest BCUT2D eigenvalue weighted by molar-refractivity contribution is 0.101. The van der Waals surface area contributed by atoms with Crippen molar-refractivity contribution in [2.24, 2.45) is 0 Å². The number of aromatic nitrogens is 3. The van der Waals surface area contributed by atoms with Gasteiger partial charge in [-0.25, -0.2) is 8.78 Å². The van der Waals surface area contributed by atoms with Crippen molar-refractivity contribution in [2.75, 3.05) is 5.75 Å². The fraction of sp³-hybridized carbons (Fsp3) is 0.250. The molecule has 0 bridgehead atoms. The van der Waals surface area contributed by atoms with E-state index in [1.807, 2.05) is 34.9 Å². The molecule has 0 atom stereocenters. The largest absolute Gasteiger partial charge is 0.301 e. The SMILES string of the molecule is O=C(CSc1nnc(C2CC2)n1Cc1ccccc1)c1c(F)cccc1F. The zero-order valence-corrected chi connectivity index (χ0v) is 15.3. The molecule has 2 aromatic carbocycles. The number of carbonyl (C=O) groups is 1. The summed E-state index contributed by atoms with van der Waals surface area (Å²) in [4.78, 5) is 12.3. The maximum Gasteiger partial charge on any atom is 0.191 e. The van der Waals surface area contributed by atoms with E-state index in [9.17, 15) is 13.6 Å². The van der Waals surface area contributed by atoms with Gasteiger partial charge in [-0.2, -0.15) is 0 Å². The van der Waals surface area contributed by atoms with Gasteiger partial charge in [0.05, 0.1) is 17.9 Å². The predicted octanol–water partition coefficient (Wildman–Crippen LogP) is 4.46. The average molecular weight is 385 g/mol. The molecular formula is C20H17F2N3OS. The number of Topliss-reactive ketones (excluding diaryl/α,β-unsaturated/α-hetero) is 1. The monoisotopic (exact) mass is 385 g/mol. The highest BCUT2D eigenvalue weighted by Crippen LogP contribution is 2.40. The van der Waals surface area contributed by atoms with Gasteiger partial charge in [0.25, 0.3) is 0 Å². The molecule has 27 heavy (non-hydrogen) atoms. The number of ketones is 1. The van der Waals surface area contributed by atoms with Crippen molar-refractivity contribution in [2.45, 2.75) is 30.5 Å². The third kappa shape index (κ3) is 3.93. The van der Waals surface area contributed by atoms with Crippen molar-refractivity contribution in [3.63, 3.8) is 0 Å². The zero-order valence-electron chi connectivity index (χ0n) is 14.4. The second-order valence-corrected chi connectivity index (χ2v) is 7.44. The predicted molar refractivity (Wildman–Crippen MR) is 99.0 cm³/mol. The number of nitrogens with zero attached hydrogens (tertiary/aromatic N) is 3. The standard InChI is InChI=1S/C20H17F2N3OS/c21-15-7-4-8-16(22)18(15)17(26)12-27-20-24-23-19(14-9-10-14)25(20)11-13-5-2-1-3-6-13/h1-8,14H,9-12H2. The summed E-state index contributed by atoms with van der Waals surface area (Å²) < 4.78 is 29.6. The van der Waals surface area contributed by atoms with Crippen molar-refractivity contribution in [3.05, 3.63) is 77.1 Å². The Balaban J connectivity index is 1.54. The molecule has 1 saturated carbocycles. The summed E-state index contributed by atoms with van der Waals surface area (Å²) in [5.41, 5.74) is 0.606. The molecule has 0 unspecified atom stereocenters. The van der Waals surface area contributed by atoms with Crippen LogP contribution in [-0.2, 0) is 6.54 Å². The van der Waals surface area contributed by atoms with Crippen molar-refractivity contribution < 1.29 is 13.6 Å². The topological polar surface area (TPSA) is 47.8 Å². The molecule has 1 fully saturated rings. The van der Waals surface area contributed by atoms with Gasteiger partial charge in [0.1, 0.15) is 17.5 Å². The molecule has 138 valence electrons. The molecule has 1 heterocycles. The first-order valence-electron chi connectivity index (χ1n) is 8.70. The number of rotatable bonds is 7. The van der Waals surface area contributed by atoms with Gasteiger partial charge >= 0.3 is 0 Å². The van der Waals surface area contributed by atoms with E-state index in [0.29, 0.717) is 17.6 Å². The van der Waals surface area contributed by atoms with Crippen LogP contribution in [0.2, 0.25) is 0 Å². The molecule has 1 aliphatic rings. The number of hydrogen-bond acceptors (Lipinski definition) is 4. The van der Waals surface area contributed by atoms with E-state index in [1.165, 1.54) is 6.07 Å². The number of benzene rings is 2. The Labute approximate surface area is 159 Å². The highest BCUT2D eigenvalue weighted by Gasteiger charge is 2.30. The van der Waals surface area contributed by atoms with Crippen LogP contribution in [0.1, 0.15) is 40.5 Å². The maximum atomic E-state index is 13.8. The summed E-state index contributed by atoms with van der Waals surface area (Å²) in [7, 11) is 0. The van der Waals surface area contributed by atoms with E-state index >= 15 is 0 Å². The molecule has 0 amide bonds. The molecular weight excluding hydrogens is 368 g/mol. The number of thioether (sulfide) groups is 1. The summed E-state index contributed by atoms with van der Waals surface area (Å²) in [6, 6.07) is 13.3. The highest BCUT2D eigenvalue weighted by molar-refractivity contribution is 7.99. The molecule has 4 rings (SSSR count). The van der Waals surface area contributed by atoms with Crippen LogP contribution in [0.4, 0.5) is 8.78 Å². The lowest BCUT2D eigenvalue weighted by atomic mass is 10.1. The lowest BCUT2D eigenvalue weighted by Crippen LogP contribution is -2.10. The fourth-order valence-corrected chi connectivity index (χ4v) is 3.75. The van der Waals surface area contributed by atoms with Crippen molar-refractivity contribution in [1.29, 1.82) is 0 Å². The first-order valence-corrected chi connectivity index (χ1v) is 9.69. The molecule has 1 aromatic heterocycles. The molecule has 0 radical (unpaired) electrons. The molecule has 0 N–H and O–H groups in total. The average Bonchev–Trinajstić information content (AvgIpc) is 3.43. The second-order valence-electron chi connectivity index (χ2n) is 6.50. The third-order valence-corrected chi connectivity index (χ3v) is 5.41. The van der Waals surface area contributed by atoms with Crippen LogP contribution in [0.5, 0.6) is 0 Å². The van der Waals surface area contributed by atoms with Crippen LogP contribution in [-0.4, -0.2) is 26.3 Å². The number of hydrogen-bond donors (Lipinski definition) is 0. The molecule has 4 nitrogen and oxygen atoms in total. The van der Waals surface area contributed by atoms with Crippen LogP contribution in [0.25, 0.3) is 0 Å². The Morgan fingerprint density at radius 3 is 2.41 bits per heavy atom. The van der Waals surface area contributed by atoms with Crippen LogP contribution >= 0.6 is 11.8 Å². The number of halogens is 2. The minimum absolute atomic E-state index is 0.102. The minimum Gasteiger partial charge on any atom is -0.301 e. The van der Waals surface area contributed by atoms with Gasteiger partial charge in [0.2, 0.25) is 0 Å². The first-order chi connectivity index (χ1) is 13.1. The van der Waals surface area contributed by atoms with Crippen LogP contribution in [0.15, 0.2) is 53.7 Å². The summed E-state index contributed by atoms with van der Waals surface area (Å²) in [5, 5.41) is 9.10. The van der Waals surface area contributed by atoms with Gasteiger partial charge < -0.3 is 4.57 Å². The normalized spacial score (nSPS) is 13.7. The fourth-order valence-electron chi connectivity index (χ4n) is 2.93. The van der Waals surface area contributed by atoms with Gasteiger partial charge in [-0.05, 0) is 30.5 Å². The summed E-state index contributed by atoms with van der Waals surface area (Å²) >= 11 is 1.16. The third-order valence-electron chi connectivity index (χ3n) is 4.45. The van der Waals surface area contributed by atoms with E-state index in [4.69, 9.17) is 0 Å². The van der Waals surface area contributed by atoms with Crippen molar-refractivity contribution >= 4 is 17.5 Å². The van der Waals surface area contributed by atoms with Gasteiger partial charge in [-0.15, -0.1) is 10.2 Å². The van der Waals surface area contributed by atoms with Crippen LogP contribution in [0.3, 0.4) is 0 Å². The quantitative estimate of drug-likeness (QED) is 0.445. The highest BCUT2D eigenvalue weighted by atomic mass is 32.2. The first kappa shape index (κ1) is 17.9. The van der Waals surface area contributed by atoms with Crippen LogP contribution in [0, 0.1) is 11.6 Å². The van der Waals surface area contributed by atoms with E-state index < -0.39 is 23.0 Å². The lowest BCUT2D eigenvalue weighted by Gasteiger charge is -2.10. The van der Waals surface area contributed by atoms with Gasteiger partial charge in [-0.3, -0.25) is 4.79 Å². The van der Waals surface area contributed by atoms with E-state index in [-0.39, 0.29) is 5.75 Å². The van der Waals surface area contributed by atoms with Gasteiger partial charge in [-0.1, -0.05) is 48.2 Å². The Hall–Kier alpha value is -2.54. The van der Waals surface area contributed by atoms with Gasteiger partial charge in [0.15, 0.2) is 10.9 Å². The number of carbonyl (C=O) groups excluding carboxylic acids is 1. The van der Waals surface area contributed by atoms with Crippen molar-refractivity contribution in [3.8, 4) is 0 Å². The Bertz CT molecular complexity index is 950.